The minimum Gasteiger partial charge on any atom is -0.271 e. The van der Waals surface area contributed by atoms with Crippen molar-refractivity contribution in [2.24, 2.45) is 12.9 Å². The van der Waals surface area contributed by atoms with Gasteiger partial charge >= 0.3 is 0 Å². The van der Waals surface area contributed by atoms with Gasteiger partial charge in [0.2, 0.25) is 0 Å². The summed E-state index contributed by atoms with van der Waals surface area (Å²) in [5, 5.41) is 5.25. The maximum atomic E-state index is 6.17. The third kappa shape index (κ3) is 2.67. The van der Waals surface area contributed by atoms with Crippen molar-refractivity contribution >= 4 is 23.2 Å². The van der Waals surface area contributed by atoms with Crippen LogP contribution >= 0.6 is 23.2 Å². The van der Waals surface area contributed by atoms with Crippen LogP contribution in [0.2, 0.25) is 10.0 Å². The Morgan fingerprint density at radius 3 is 2.78 bits per heavy atom. The zero-order valence-electron chi connectivity index (χ0n) is 9.90. The number of benzene rings is 1. The van der Waals surface area contributed by atoms with E-state index in [0.29, 0.717) is 16.5 Å². The van der Waals surface area contributed by atoms with E-state index in [1.807, 2.05) is 25.2 Å². The van der Waals surface area contributed by atoms with Gasteiger partial charge in [-0.15, -0.1) is 0 Å². The van der Waals surface area contributed by atoms with E-state index in [1.54, 1.807) is 16.9 Å². The summed E-state index contributed by atoms with van der Waals surface area (Å²) in [6, 6.07) is 7.44. The average molecular weight is 285 g/mol. The molecule has 1 aromatic heterocycles. The monoisotopic (exact) mass is 284 g/mol. The Morgan fingerprint density at radius 2 is 2.17 bits per heavy atom. The fourth-order valence-corrected chi connectivity index (χ4v) is 2.30. The molecule has 0 aliphatic carbocycles. The Bertz CT molecular complexity index is 539. The molecule has 1 aromatic carbocycles. The lowest BCUT2D eigenvalue weighted by Crippen LogP contribution is -2.31. The summed E-state index contributed by atoms with van der Waals surface area (Å²) in [4.78, 5) is 0. The molecule has 1 atom stereocenters. The maximum Gasteiger partial charge on any atom is 0.0669 e. The van der Waals surface area contributed by atoms with E-state index < -0.39 is 0 Å². The Morgan fingerprint density at radius 1 is 1.39 bits per heavy atom. The number of aromatic nitrogens is 2. The molecule has 2 rings (SSSR count). The second-order valence-corrected chi connectivity index (χ2v) is 4.80. The fourth-order valence-electron chi connectivity index (χ4n) is 1.90. The van der Waals surface area contributed by atoms with Crippen LogP contribution in [-0.2, 0) is 13.5 Å². The highest BCUT2D eigenvalue weighted by molar-refractivity contribution is 6.42. The first kappa shape index (κ1) is 13.4. The van der Waals surface area contributed by atoms with Gasteiger partial charge in [0.25, 0.3) is 0 Å². The number of hydrazine groups is 1. The molecule has 0 radical (unpaired) electrons. The molecule has 0 fully saturated rings. The van der Waals surface area contributed by atoms with Crippen LogP contribution in [0.3, 0.4) is 0 Å². The maximum absolute atomic E-state index is 6.17. The number of halogens is 2. The number of nitrogens with two attached hydrogens (primary N) is 1. The molecule has 0 amide bonds. The third-order valence-electron chi connectivity index (χ3n) is 2.87. The smallest absolute Gasteiger partial charge is 0.0669 e. The lowest BCUT2D eigenvalue weighted by Gasteiger charge is -2.17. The molecule has 0 spiro atoms. The topological polar surface area (TPSA) is 55.9 Å². The Kier molecular flexibility index (Phi) is 4.24. The van der Waals surface area contributed by atoms with Crippen LogP contribution in [0.1, 0.15) is 17.3 Å². The number of aryl methyl sites for hydroxylation is 1. The summed E-state index contributed by atoms with van der Waals surface area (Å²) < 4.78 is 1.78. The van der Waals surface area contributed by atoms with E-state index in [9.17, 15) is 0 Å². The van der Waals surface area contributed by atoms with Gasteiger partial charge in [-0.25, -0.2) is 0 Å². The van der Waals surface area contributed by atoms with Gasteiger partial charge in [0.05, 0.1) is 21.8 Å². The molecule has 96 valence electrons. The van der Waals surface area contributed by atoms with Crippen LogP contribution in [0.25, 0.3) is 0 Å². The van der Waals surface area contributed by atoms with E-state index in [0.717, 1.165) is 11.3 Å². The van der Waals surface area contributed by atoms with E-state index in [1.165, 1.54) is 0 Å². The fraction of sp³-hybridized carbons (Fsp3) is 0.250. The van der Waals surface area contributed by atoms with Gasteiger partial charge in [0.15, 0.2) is 0 Å². The summed E-state index contributed by atoms with van der Waals surface area (Å²) >= 11 is 12.2. The van der Waals surface area contributed by atoms with Crippen molar-refractivity contribution in [1.29, 1.82) is 0 Å². The lowest BCUT2D eigenvalue weighted by atomic mass is 10.0. The van der Waals surface area contributed by atoms with Crippen LogP contribution in [0.5, 0.6) is 0 Å². The van der Waals surface area contributed by atoms with E-state index in [-0.39, 0.29) is 6.04 Å². The highest BCUT2D eigenvalue weighted by atomic mass is 35.5. The highest BCUT2D eigenvalue weighted by Crippen LogP contribution is 2.28. The largest absolute Gasteiger partial charge is 0.271 e. The van der Waals surface area contributed by atoms with Crippen LogP contribution in [0.4, 0.5) is 0 Å². The van der Waals surface area contributed by atoms with Crippen LogP contribution in [-0.4, -0.2) is 9.78 Å². The summed E-state index contributed by atoms with van der Waals surface area (Å²) in [5.41, 5.74) is 4.72. The van der Waals surface area contributed by atoms with E-state index >= 15 is 0 Å². The van der Waals surface area contributed by atoms with Gasteiger partial charge < -0.3 is 0 Å². The summed E-state index contributed by atoms with van der Waals surface area (Å²) in [6.07, 6.45) is 2.38. The van der Waals surface area contributed by atoms with Crippen molar-refractivity contribution in [2.75, 3.05) is 0 Å². The standard InChI is InChI=1S/C12H14Cl2N4/c1-18-11(5-6-16-18)10(17-15)7-8-3-2-4-9(13)12(8)14/h2-6,10,17H,7,15H2,1H3. The number of hydrogen-bond donors (Lipinski definition) is 2. The van der Waals surface area contributed by atoms with Crippen LogP contribution < -0.4 is 11.3 Å². The first-order chi connectivity index (χ1) is 8.63. The second-order valence-electron chi connectivity index (χ2n) is 4.02. The Balaban J connectivity index is 2.26. The average Bonchev–Trinajstić information content (AvgIpc) is 2.77. The SMILES string of the molecule is Cn1nccc1C(Cc1cccc(Cl)c1Cl)NN. The molecule has 6 heteroatoms. The molecule has 1 heterocycles. The Labute approximate surface area is 116 Å². The zero-order chi connectivity index (χ0) is 13.1. The Hall–Kier alpha value is -1.07. The molecule has 0 saturated heterocycles. The molecule has 2 aromatic rings. The van der Waals surface area contributed by atoms with Crippen LogP contribution in [0.15, 0.2) is 30.5 Å². The van der Waals surface area contributed by atoms with E-state index in [2.05, 4.69) is 10.5 Å². The van der Waals surface area contributed by atoms with Gasteiger partial charge in [-0.3, -0.25) is 16.0 Å². The molecular formula is C12H14Cl2N4. The highest BCUT2D eigenvalue weighted by Gasteiger charge is 2.16. The van der Waals surface area contributed by atoms with Crippen molar-refractivity contribution in [2.45, 2.75) is 12.5 Å². The zero-order valence-corrected chi connectivity index (χ0v) is 11.4. The predicted molar refractivity (Wildman–Crippen MR) is 73.4 cm³/mol. The molecular weight excluding hydrogens is 271 g/mol. The quantitative estimate of drug-likeness (QED) is 0.670. The number of nitrogens with one attached hydrogen (secondary N) is 1. The number of nitrogens with zero attached hydrogens (tertiary/aromatic N) is 2. The van der Waals surface area contributed by atoms with Crippen molar-refractivity contribution in [3.8, 4) is 0 Å². The normalized spacial score (nSPS) is 12.7. The van der Waals surface area contributed by atoms with Crippen molar-refractivity contribution in [1.82, 2.24) is 15.2 Å². The van der Waals surface area contributed by atoms with Gasteiger partial charge in [-0.2, -0.15) is 5.10 Å². The molecule has 0 saturated carbocycles. The number of rotatable bonds is 4. The molecule has 4 nitrogen and oxygen atoms in total. The van der Waals surface area contributed by atoms with Gasteiger partial charge in [-0.1, -0.05) is 35.3 Å². The summed E-state index contributed by atoms with van der Waals surface area (Å²) in [7, 11) is 1.87. The minimum absolute atomic E-state index is 0.0616. The van der Waals surface area contributed by atoms with Crippen molar-refractivity contribution in [3.05, 3.63) is 51.8 Å². The molecule has 3 N–H and O–H groups in total. The molecule has 18 heavy (non-hydrogen) atoms. The lowest BCUT2D eigenvalue weighted by molar-refractivity contribution is 0.508. The van der Waals surface area contributed by atoms with Gasteiger partial charge in [-0.05, 0) is 24.1 Å². The molecule has 1 unspecified atom stereocenters. The summed E-state index contributed by atoms with van der Waals surface area (Å²) in [5.74, 6) is 5.60. The first-order valence-electron chi connectivity index (χ1n) is 5.50. The first-order valence-corrected chi connectivity index (χ1v) is 6.26. The molecule has 0 bridgehead atoms. The number of hydrogen-bond acceptors (Lipinski definition) is 3. The van der Waals surface area contributed by atoms with Gasteiger partial charge in [0, 0.05) is 13.2 Å². The van der Waals surface area contributed by atoms with Gasteiger partial charge in [0.1, 0.15) is 0 Å². The van der Waals surface area contributed by atoms with Crippen molar-refractivity contribution < 1.29 is 0 Å². The molecule has 0 aliphatic heterocycles. The van der Waals surface area contributed by atoms with Crippen LogP contribution in [0, 0.1) is 0 Å². The predicted octanol–water partition coefficient (Wildman–Crippen LogP) is 2.47. The second kappa shape index (κ2) is 5.71. The third-order valence-corrected chi connectivity index (χ3v) is 3.73. The van der Waals surface area contributed by atoms with Crippen molar-refractivity contribution in [3.63, 3.8) is 0 Å². The molecule has 0 aliphatic rings. The summed E-state index contributed by atoms with van der Waals surface area (Å²) in [6.45, 7) is 0. The minimum atomic E-state index is -0.0616. The van der Waals surface area contributed by atoms with E-state index in [4.69, 9.17) is 29.0 Å².